The van der Waals surface area contributed by atoms with E-state index in [9.17, 15) is 18.0 Å². The molecule has 2 aromatic carbocycles. The predicted octanol–water partition coefficient (Wildman–Crippen LogP) is 5.90. The molecular formula is C27H30Cl2F3N3O2. The zero-order chi connectivity index (χ0) is 26.6. The van der Waals surface area contributed by atoms with Gasteiger partial charge in [0, 0.05) is 28.3 Å². The van der Waals surface area contributed by atoms with Crippen molar-refractivity contribution in [2.75, 3.05) is 13.1 Å². The van der Waals surface area contributed by atoms with Crippen molar-refractivity contribution in [3.05, 3.63) is 75.4 Å². The highest BCUT2D eigenvalue weighted by atomic mass is 35.5. The van der Waals surface area contributed by atoms with E-state index in [4.69, 9.17) is 23.2 Å². The number of carbonyl (C=O) groups excluding carboxylic acids is 1. The molecule has 1 unspecified atom stereocenters. The lowest BCUT2D eigenvalue weighted by atomic mass is 9.93. The van der Waals surface area contributed by atoms with Crippen LogP contribution in [0.25, 0.3) is 0 Å². The Bertz CT molecular complexity index is 1130. The topological polar surface area (TPSA) is 62.4 Å². The molecular weight excluding hydrogens is 526 g/mol. The van der Waals surface area contributed by atoms with E-state index < -0.39 is 11.8 Å². The lowest BCUT2D eigenvalue weighted by Gasteiger charge is -2.31. The number of benzene rings is 2. The van der Waals surface area contributed by atoms with Gasteiger partial charge in [-0.3, -0.25) is 4.79 Å². The Kier molecular flexibility index (Phi) is 8.61. The molecule has 0 bridgehead atoms. The third kappa shape index (κ3) is 7.12. The van der Waals surface area contributed by atoms with Gasteiger partial charge in [0.05, 0.1) is 11.5 Å². The first-order valence-corrected chi connectivity index (χ1v) is 13.1. The summed E-state index contributed by atoms with van der Waals surface area (Å²) in [5.41, 5.74) is 1.61. The number of alkyl halides is 3. The van der Waals surface area contributed by atoms with Crippen LogP contribution in [-0.4, -0.2) is 37.4 Å². The van der Waals surface area contributed by atoms with Gasteiger partial charge in [0.2, 0.25) is 5.91 Å². The van der Waals surface area contributed by atoms with Crippen LogP contribution in [0.2, 0.25) is 10.0 Å². The Morgan fingerprint density at radius 1 is 1.22 bits per heavy atom. The molecule has 0 spiro atoms. The number of hydrogen-bond acceptors (Lipinski definition) is 4. The maximum Gasteiger partial charge on any atom is 0.573 e. The summed E-state index contributed by atoms with van der Waals surface area (Å²) in [7, 11) is 0. The first-order valence-electron chi connectivity index (χ1n) is 12.3. The Labute approximate surface area is 224 Å². The Morgan fingerprint density at radius 2 is 1.95 bits per heavy atom. The molecule has 2 aromatic rings. The number of allylic oxidation sites excluding steroid dienone is 1. The summed E-state index contributed by atoms with van der Waals surface area (Å²) in [4.78, 5) is 13.6. The maximum absolute atomic E-state index is 13.6. The van der Waals surface area contributed by atoms with E-state index in [1.54, 1.807) is 12.1 Å². The minimum atomic E-state index is -4.77. The molecule has 1 aliphatic heterocycles. The fourth-order valence-electron chi connectivity index (χ4n) is 4.79. The zero-order valence-electron chi connectivity index (χ0n) is 20.4. The van der Waals surface area contributed by atoms with E-state index in [0.717, 1.165) is 37.2 Å². The zero-order valence-corrected chi connectivity index (χ0v) is 21.9. The van der Waals surface area contributed by atoms with Crippen molar-refractivity contribution >= 4 is 29.1 Å². The SMILES string of the molecule is C/C=C(/N[C@@H]1CCCNC1)C(Cc1ccc(Cl)cc1Cl)NC(=O)C1(c2ccc(OC(F)(F)F)cc2)CC1. The number of rotatable bonds is 9. The Hall–Kier alpha value is -2.42. The molecule has 200 valence electrons. The third-order valence-corrected chi connectivity index (χ3v) is 7.51. The van der Waals surface area contributed by atoms with E-state index in [1.807, 2.05) is 19.1 Å². The molecule has 1 saturated carbocycles. The van der Waals surface area contributed by atoms with Gasteiger partial charge in [-0.05, 0) is 81.0 Å². The van der Waals surface area contributed by atoms with Crippen molar-refractivity contribution in [2.45, 2.75) is 62.9 Å². The Morgan fingerprint density at radius 3 is 2.51 bits per heavy atom. The first-order chi connectivity index (χ1) is 17.6. The molecule has 2 atom stereocenters. The summed E-state index contributed by atoms with van der Waals surface area (Å²) >= 11 is 12.6. The van der Waals surface area contributed by atoms with Crippen LogP contribution in [0.1, 0.15) is 43.7 Å². The number of halogens is 5. The van der Waals surface area contributed by atoms with Crippen molar-refractivity contribution in [2.24, 2.45) is 0 Å². The van der Waals surface area contributed by atoms with Crippen LogP contribution in [0.5, 0.6) is 5.75 Å². The molecule has 1 saturated heterocycles. The van der Waals surface area contributed by atoms with Crippen LogP contribution in [0, 0.1) is 0 Å². The molecule has 5 nitrogen and oxygen atoms in total. The molecule has 3 N–H and O–H groups in total. The van der Waals surface area contributed by atoms with Gasteiger partial charge in [-0.25, -0.2) is 0 Å². The summed E-state index contributed by atoms with van der Waals surface area (Å²) in [6.07, 6.45) is 0.940. The molecule has 4 rings (SSSR count). The fraction of sp³-hybridized carbons (Fsp3) is 0.444. The second-order valence-electron chi connectivity index (χ2n) is 9.55. The lowest BCUT2D eigenvalue weighted by molar-refractivity contribution is -0.274. The second-order valence-corrected chi connectivity index (χ2v) is 10.4. The molecule has 0 aromatic heterocycles. The minimum Gasteiger partial charge on any atom is -0.406 e. The van der Waals surface area contributed by atoms with Gasteiger partial charge < -0.3 is 20.7 Å². The highest BCUT2D eigenvalue weighted by molar-refractivity contribution is 6.35. The summed E-state index contributed by atoms with van der Waals surface area (Å²) in [5, 5.41) is 11.2. The fourth-order valence-corrected chi connectivity index (χ4v) is 5.27. The van der Waals surface area contributed by atoms with Crippen LogP contribution < -0.4 is 20.7 Å². The number of carbonyl (C=O) groups is 1. The number of amides is 1. The average Bonchev–Trinajstić information content (AvgIpc) is 3.66. The number of ether oxygens (including phenoxy) is 1. The van der Waals surface area contributed by atoms with Gasteiger partial charge in [0.25, 0.3) is 0 Å². The van der Waals surface area contributed by atoms with Crippen molar-refractivity contribution in [3.8, 4) is 5.75 Å². The van der Waals surface area contributed by atoms with E-state index in [0.29, 0.717) is 34.9 Å². The van der Waals surface area contributed by atoms with Crippen molar-refractivity contribution < 1.29 is 22.7 Å². The summed E-state index contributed by atoms with van der Waals surface area (Å²) in [5.74, 6) is -0.487. The van der Waals surface area contributed by atoms with Crippen molar-refractivity contribution in [3.63, 3.8) is 0 Å². The number of hydrogen-bond donors (Lipinski definition) is 3. The second kappa shape index (κ2) is 11.5. The molecule has 2 aliphatic rings. The van der Waals surface area contributed by atoms with E-state index >= 15 is 0 Å². The normalized spacial score (nSPS) is 20.2. The van der Waals surface area contributed by atoms with Crippen LogP contribution >= 0.6 is 23.2 Å². The van der Waals surface area contributed by atoms with Crippen LogP contribution in [0.15, 0.2) is 54.2 Å². The summed E-state index contributed by atoms with van der Waals surface area (Å²) in [6, 6.07) is 10.7. The summed E-state index contributed by atoms with van der Waals surface area (Å²) < 4.78 is 41.6. The Balaban J connectivity index is 1.54. The maximum atomic E-state index is 13.6. The van der Waals surface area contributed by atoms with E-state index in [-0.39, 0.29) is 23.7 Å². The lowest BCUT2D eigenvalue weighted by Crippen LogP contribution is -2.50. The molecule has 1 heterocycles. The van der Waals surface area contributed by atoms with Gasteiger partial charge in [-0.1, -0.05) is 47.5 Å². The van der Waals surface area contributed by atoms with Gasteiger partial charge in [-0.2, -0.15) is 0 Å². The van der Waals surface area contributed by atoms with Crippen LogP contribution in [-0.2, 0) is 16.6 Å². The quantitative estimate of drug-likeness (QED) is 0.360. The number of piperidine rings is 1. The van der Waals surface area contributed by atoms with Crippen molar-refractivity contribution in [1.29, 1.82) is 0 Å². The highest BCUT2D eigenvalue weighted by Gasteiger charge is 2.51. The molecule has 37 heavy (non-hydrogen) atoms. The highest BCUT2D eigenvalue weighted by Crippen LogP contribution is 2.49. The van der Waals surface area contributed by atoms with Crippen LogP contribution in [0.4, 0.5) is 13.2 Å². The smallest absolute Gasteiger partial charge is 0.406 e. The molecule has 0 radical (unpaired) electrons. The average molecular weight is 556 g/mol. The largest absolute Gasteiger partial charge is 0.573 e. The monoisotopic (exact) mass is 555 g/mol. The molecule has 1 amide bonds. The first kappa shape index (κ1) is 27.6. The van der Waals surface area contributed by atoms with Crippen LogP contribution in [0.3, 0.4) is 0 Å². The van der Waals surface area contributed by atoms with E-state index in [2.05, 4.69) is 20.7 Å². The van der Waals surface area contributed by atoms with Crippen molar-refractivity contribution in [1.82, 2.24) is 16.0 Å². The standard InChI is InChI=1S/C27H30Cl2F3N3O2/c1-2-23(34-20-4-3-13-33-16-20)24(14-17-5-8-19(28)15-22(17)29)35-25(36)26(11-12-26)18-6-9-21(10-7-18)37-27(30,31)32/h2,5-10,15,20,24,33-34H,3-4,11-14,16H2,1H3,(H,35,36)/b23-2+/t20-,24?/m1/s1. The summed E-state index contributed by atoms with van der Waals surface area (Å²) in [6.45, 7) is 3.74. The molecule has 10 heteroatoms. The molecule has 1 aliphatic carbocycles. The molecule has 2 fully saturated rings. The van der Waals surface area contributed by atoms with Gasteiger partial charge >= 0.3 is 6.36 Å². The van der Waals surface area contributed by atoms with Gasteiger partial charge in [0.15, 0.2) is 0 Å². The number of nitrogens with one attached hydrogen (secondary N) is 3. The third-order valence-electron chi connectivity index (χ3n) is 6.92. The van der Waals surface area contributed by atoms with E-state index in [1.165, 1.54) is 24.3 Å². The van der Waals surface area contributed by atoms with Gasteiger partial charge in [0.1, 0.15) is 5.75 Å². The predicted molar refractivity (Wildman–Crippen MR) is 139 cm³/mol. The minimum absolute atomic E-state index is 0.171. The van der Waals surface area contributed by atoms with Gasteiger partial charge in [-0.15, -0.1) is 13.2 Å².